The third-order valence-corrected chi connectivity index (χ3v) is 1.84. The molecule has 0 amide bonds. The predicted octanol–water partition coefficient (Wildman–Crippen LogP) is 1.25. The van der Waals surface area contributed by atoms with Crippen molar-refractivity contribution in [3.05, 3.63) is 28.6 Å². The summed E-state index contributed by atoms with van der Waals surface area (Å²) in [4.78, 5) is 10.3. The zero-order valence-corrected chi connectivity index (χ0v) is 6.10. The van der Waals surface area contributed by atoms with Crippen LogP contribution in [0.25, 0.3) is 5.57 Å². The van der Waals surface area contributed by atoms with Crippen LogP contribution in [0.5, 0.6) is 0 Å². The maximum Gasteiger partial charge on any atom is 0.152 e. The monoisotopic (exact) mass is 153 g/mol. The standard InChI is InChI=1S/C7H7NOS/c8-3-7(4-9)6-1-2-10-5-6/h1-5H,8H2/b7-3-. The van der Waals surface area contributed by atoms with Gasteiger partial charge in [0.15, 0.2) is 6.29 Å². The van der Waals surface area contributed by atoms with Gasteiger partial charge in [-0.3, -0.25) is 4.79 Å². The molecule has 0 spiro atoms. The van der Waals surface area contributed by atoms with Gasteiger partial charge in [0.1, 0.15) is 0 Å². The maximum absolute atomic E-state index is 10.3. The summed E-state index contributed by atoms with van der Waals surface area (Å²) in [5, 5.41) is 3.79. The lowest BCUT2D eigenvalue weighted by molar-refractivity contribution is -0.103. The lowest BCUT2D eigenvalue weighted by Gasteiger charge is -1.89. The zero-order valence-electron chi connectivity index (χ0n) is 5.28. The highest BCUT2D eigenvalue weighted by molar-refractivity contribution is 7.08. The molecular weight excluding hydrogens is 146 g/mol. The van der Waals surface area contributed by atoms with E-state index in [1.54, 1.807) is 11.3 Å². The second-order valence-corrected chi connectivity index (χ2v) is 2.53. The van der Waals surface area contributed by atoms with Crippen molar-refractivity contribution in [3.63, 3.8) is 0 Å². The SMILES string of the molecule is N/C=C(/C=O)c1ccsc1. The number of nitrogens with two attached hydrogens (primary N) is 1. The van der Waals surface area contributed by atoms with Crippen LogP contribution in [0.15, 0.2) is 23.0 Å². The number of hydrogen-bond acceptors (Lipinski definition) is 3. The van der Waals surface area contributed by atoms with Crippen molar-refractivity contribution >= 4 is 23.2 Å². The summed E-state index contributed by atoms with van der Waals surface area (Å²) in [7, 11) is 0. The van der Waals surface area contributed by atoms with Gasteiger partial charge in [0, 0.05) is 11.8 Å². The molecule has 0 saturated carbocycles. The van der Waals surface area contributed by atoms with Crippen LogP contribution in [0.3, 0.4) is 0 Å². The van der Waals surface area contributed by atoms with E-state index in [1.165, 1.54) is 6.20 Å². The van der Waals surface area contributed by atoms with Crippen LogP contribution >= 0.6 is 11.3 Å². The number of allylic oxidation sites excluding steroid dienone is 1. The zero-order chi connectivity index (χ0) is 7.40. The topological polar surface area (TPSA) is 43.1 Å². The summed E-state index contributed by atoms with van der Waals surface area (Å²) in [6.45, 7) is 0. The van der Waals surface area contributed by atoms with Crippen LogP contribution in [0.4, 0.5) is 0 Å². The van der Waals surface area contributed by atoms with Gasteiger partial charge in [0.2, 0.25) is 0 Å². The van der Waals surface area contributed by atoms with Crippen LogP contribution in [-0.4, -0.2) is 6.29 Å². The molecule has 0 aliphatic carbocycles. The fourth-order valence-electron chi connectivity index (χ4n) is 0.632. The Morgan fingerprint density at radius 2 is 2.50 bits per heavy atom. The van der Waals surface area contributed by atoms with Gasteiger partial charge in [-0.25, -0.2) is 0 Å². The van der Waals surface area contributed by atoms with E-state index >= 15 is 0 Å². The minimum atomic E-state index is 0.543. The molecule has 1 aromatic rings. The maximum atomic E-state index is 10.3. The van der Waals surface area contributed by atoms with Gasteiger partial charge < -0.3 is 5.73 Å². The van der Waals surface area contributed by atoms with E-state index in [-0.39, 0.29) is 0 Å². The molecule has 0 radical (unpaired) electrons. The minimum Gasteiger partial charge on any atom is -0.404 e. The van der Waals surface area contributed by atoms with Crippen molar-refractivity contribution in [1.29, 1.82) is 0 Å². The Kier molecular flexibility index (Phi) is 2.23. The molecule has 1 heterocycles. The second kappa shape index (κ2) is 3.17. The largest absolute Gasteiger partial charge is 0.404 e. The smallest absolute Gasteiger partial charge is 0.152 e. The van der Waals surface area contributed by atoms with E-state index in [4.69, 9.17) is 5.73 Å². The molecule has 52 valence electrons. The third kappa shape index (κ3) is 1.25. The van der Waals surface area contributed by atoms with E-state index in [2.05, 4.69) is 0 Å². The Labute approximate surface area is 63.0 Å². The van der Waals surface area contributed by atoms with Gasteiger partial charge in [0.05, 0.1) is 0 Å². The average molecular weight is 153 g/mol. The molecule has 0 aliphatic heterocycles. The highest BCUT2D eigenvalue weighted by atomic mass is 32.1. The summed E-state index contributed by atoms with van der Waals surface area (Å²) < 4.78 is 0. The van der Waals surface area contributed by atoms with Crippen LogP contribution in [0.1, 0.15) is 5.56 Å². The summed E-state index contributed by atoms with van der Waals surface area (Å²) >= 11 is 1.54. The average Bonchev–Trinajstić information content (AvgIpc) is 2.43. The Morgan fingerprint density at radius 3 is 2.90 bits per heavy atom. The number of thiophene rings is 1. The van der Waals surface area contributed by atoms with Crippen molar-refractivity contribution < 1.29 is 4.79 Å². The molecule has 0 atom stereocenters. The Balaban J connectivity index is 2.95. The highest BCUT2D eigenvalue weighted by Crippen LogP contribution is 2.13. The molecule has 0 saturated heterocycles. The van der Waals surface area contributed by atoms with Crippen molar-refractivity contribution in [3.8, 4) is 0 Å². The number of rotatable bonds is 2. The summed E-state index contributed by atoms with van der Waals surface area (Å²) in [6, 6.07) is 1.86. The molecule has 1 rings (SSSR count). The van der Waals surface area contributed by atoms with Gasteiger partial charge in [-0.05, 0) is 22.4 Å². The first-order valence-electron chi connectivity index (χ1n) is 2.78. The number of carbonyl (C=O) groups excluding carboxylic acids is 1. The fraction of sp³-hybridized carbons (Fsp3) is 0. The normalized spacial score (nSPS) is 11.4. The first-order valence-corrected chi connectivity index (χ1v) is 3.72. The molecule has 0 fully saturated rings. The molecule has 2 nitrogen and oxygen atoms in total. The van der Waals surface area contributed by atoms with E-state index < -0.39 is 0 Å². The molecule has 0 aliphatic rings. The van der Waals surface area contributed by atoms with Gasteiger partial charge in [-0.2, -0.15) is 11.3 Å². The lowest BCUT2D eigenvalue weighted by atomic mass is 10.2. The Bertz CT molecular complexity index is 238. The van der Waals surface area contributed by atoms with Gasteiger partial charge in [0.25, 0.3) is 0 Å². The number of aldehydes is 1. The summed E-state index contributed by atoms with van der Waals surface area (Å²) in [5.41, 5.74) is 6.62. The van der Waals surface area contributed by atoms with Crippen LogP contribution in [0.2, 0.25) is 0 Å². The quantitative estimate of drug-likeness (QED) is 0.513. The summed E-state index contributed by atoms with van der Waals surface area (Å²) in [6.07, 6.45) is 2.07. The molecule has 1 aromatic heterocycles. The van der Waals surface area contributed by atoms with E-state index in [9.17, 15) is 4.79 Å². The third-order valence-electron chi connectivity index (χ3n) is 1.16. The van der Waals surface area contributed by atoms with Crippen molar-refractivity contribution in [2.45, 2.75) is 0 Å². The minimum absolute atomic E-state index is 0.543. The second-order valence-electron chi connectivity index (χ2n) is 1.75. The van der Waals surface area contributed by atoms with E-state index in [0.29, 0.717) is 5.57 Å². The lowest BCUT2D eigenvalue weighted by Crippen LogP contribution is -1.87. The highest BCUT2D eigenvalue weighted by Gasteiger charge is 1.96. The first-order chi connectivity index (χ1) is 4.88. The van der Waals surface area contributed by atoms with E-state index in [1.807, 2.05) is 16.8 Å². The predicted molar refractivity (Wildman–Crippen MR) is 42.5 cm³/mol. The molecule has 0 aromatic carbocycles. The van der Waals surface area contributed by atoms with Gasteiger partial charge in [-0.1, -0.05) is 0 Å². The molecule has 2 N–H and O–H groups in total. The van der Waals surface area contributed by atoms with Crippen LogP contribution in [-0.2, 0) is 4.79 Å². The van der Waals surface area contributed by atoms with Crippen LogP contribution < -0.4 is 5.73 Å². The Morgan fingerprint density at radius 1 is 1.70 bits per heavy atom. The van der Waals surface area contributed by atoms with Gasteiger partial charge >= 0.3 is 0 Å². The fourth-order valence-corrected chi connectivity index (χ4v) is 1.30. The van der Waals surface area contributed by atoms with E-state index in [0.717, 1.165) is 11.8 Å². The molecule has 0 bridgehead atoms. The number of hydrogen-bond donors (Lipinski definition) is 1. The molecule has 10 heavy (non-hydrogen) atoms. The molecule has 3 heteroatoms. The van der Waals surface area contributed by atoms with Crippen LogP contribution in [0, 0.1) is 0 Å². The van der Waals surface area contributed by atoms with Crippen molar-refractivity contribution in [2.24, 2.45) is 5.73 Å². The summed E-state index contributed by atoms with van der Waals surface area (Å²) in [5.74, 6) is 0. The Hall–Kier alpha value is -1.09. The van der Waals surface area contributed by atoms with Gasteiger partial charge in [-0.15, -0.1) is 0 Å². The first kappa shape index (κ1) is 7.02. The van der Waals surface area contributed by atoms with Crippen molar-refractivity contribution in [2.75, 3.05) is 0 Å². The molecule has 0 unspecified atom stereocenters. The molecular formula is C7H7NOS. The number of carbonyl (C=O) groups is 1. The van der Waals surface area contributed by atoms with Crippen molar-refractivity contribution in [1.82, 2.24) is 0 Å².